The van der Waals surface area contributed by atoms with E-state index in [0.717, 1.165) is 18.4 Å². The van der Waals surface area contributed by atoms with Crippen LogP contribution in [0.5, 0.6) is 0 Å². The molecule has 0 spiro atoms. The van der Waals surface area contributed by atoms with E-state index in [1.54, 1.807) is 0 Å². The van der Waals surface area contributed by atoms with Gasteiger partial charge in [0.05, 0.1) is 4.47 Å². The summed E-state index contributed by atoms with van der Waals surface area (Å²) in [7, 11) is 0. The summed E-state index contributed by atoms with van der Waals surface area (Å²) in [6.07, 6.45) is 1.80. The highest BCUT2D eigenvalue weighted by Crippen LogP contribution is 2.29. The van der Waals surface area contributed by atoms with Gasteiger partial charge in [0.1, 0.15) is 5.82 Å². The monoisotopic (exact) mass is 330 g/mol. The third-order valence-corrected chi connectivity index (χ3v) is 4.43. The maximum Gasteiger partial charge on any atom is 0.137 e. The lowest BCUT2D eigenvalue weighted by Crippen LogP contribution is -2.39. The minimum Gasteiger partial charge on any atom is -0.271 e. The number of nitrogens with two attached hydrogens (primary N) is 1. The Morgan fingerprint density at radius 1 is 1.37 bits per heavy atom. The lowest BCUT2D eigenvalue weighted by atomic mass is 9.78. The molecule has 0 amide bonds. The summed E-state index contributed by atoms with van der Waals surface area (Å²) in [5, 5.41) is 0. The molecule has 0 aliphatic carbocycles. The Hall–Kier alpha value is -0.450. The van der Waals surface area contributed by atoms with Gasteiger partial charge in [-0.1, -0.05) is 33.8 Å². The molecule has 4 heteroatoms. The molecule has 2 unspecified atom stereocenters. The van der Waals surface area contributed by atoms with E-state index in [9.17, 15) is 4.39 Å². The van der Waals surface area contributed by atoms with Gasteiger partial charge in [0.15, 0.2) is 0 Å². The van der Waals surface area contributed by atoms with Gasteiger partial charge in [0.2, 0.25) is 0 Å². The molecule has 1 rings (SSSR count). The number of benzene rings is 1. The van der Waals surface area contributed by atoms with Gasteiger partial charge in [0, 0.05) is 6.04 Å². The highest BCUT2D eigenvalue weighted by atomic mass is 79.9. The number of rotatable bonds is 5. The average molecular weight is 331 g/mol. The van der Waals surface area contributed by atoms with Crippen LogP contribution >= 0.6 is 15.9 Å². The van der Waals surface area contributed by atoms with Crippen LogP contribution in [0.2, 0.25) is 0 Å². The largest absolute Gasteiger partial charge is 0.271 e. The predicted octanol–water partition coefficient (Wildman–Crippen LogP) is 4.03. The lowest BCUT2D eigenvalue weighted by Gasteiger charge is -2.30. The summed E-state index contributed by atoms with van der Waals surface area (Å²) in [6.45, 7) is 8.95. The van der Waals surface area contributed by atoms with Gasteiger partial charge in [0.25, 0.3) is 0 Å². The van der Waals surface area contributed by atoms with Gasteiger partial charge in [-0.15, -0.1) is 0 Å². The predicted molar refractivity (Wildman–Crippen MR) is 82.2 cm³/mol. The van der Waals surface area contributed by atoms with Crippen LogP contribution in [-0.2, 0) is 6.42 Å². The van der Waals surface area contributed by atoms with Crippen LogP contribution in [0, 0.1) is 17.2 Å². The second-order valence-corrected chi connectivity index (χ2v) is 7.17. The Morgan fingerprint density at radius 3 is 2.47 bits per heavy atom. The first-order valence-corrected chi connectivity index (χ1v) is 7.43. The van der Waals surface area contributed by atoms with Crippen molar-refractivity contribution in [2.45, 2.75) is 46.6 Å². The zero-order valence-electron chi connectivity index (χ0n) is 12.1. The fraction of sp³-hybridized carbons (Fsp3) is 0.600. The summed E-state index contributed by atoms with van der Waals surface area (Å²) in [5.74, 6) is 5.97. The summed E-state index contributed by atoms with van der Waals surface area (Å²) < 4.78 is 13.7. The molecule has 0 radical (unpaired) electrons. The molecule has 0 heterocycles. The fourth-order valence-electron chi connectivity index (χ4n) is 1.94. The second-order valence-electron chi connectivity index (χ2n) is 6.32. The van der Waals surface area contributed by atoms with Gasteiger partial charge in [-0.2, -0.15) is 0 Å². The normalized spacial score (nSPS) is 15.3. The Balaban J connectivity index is 2.69. The van der Waals surface area contributed by atoms with E-state index in [-0.39, 0.29) is 17.3 Å². The molecular weight excluding hydrogens is 307 g/mol. The van der Waals surface area contributed by atoms with Crippen molar-refractivity contribution >= 4 is 15.9 Å². The van der Waals surface area contributed by atoms with Crippen molar-refractivity contribution in [1.29, 1.82) is 0 Å². The number of hydrogen-bond donors (Lipinski definition) is 2. The number of nitrogens with one attached hydrogen (secondary N) is 1. The van der Waals surface area contributed by atoms with Crippen molar-refractivity contribution in [1.82, 2.24) is 5.43 Å². The van der Waals surface area contributed by atoms with Gasteiger partial charge < -0.3 is 0 Å². The first-order valence-electron chi connectivity index (χ1n) is 6.64. The van der Waals surface area contributed by atoms with Crippen LogP contribution < -0.4 is 11.3 Å². The van der Waals surface area contributed by atoms with Gasteiger partial charge >= 0.3 is 0 Å². The summed E-state index contributed by atoms with van der Waals surface area (Å²) in [5.41, 5.74) is 4.22. The van der Waals surface area contributed by atoms with Crippen LogP contribution in [0.15, 0.2) is 22.7 Å². The lowest BCUT2D eigenvalue weighted by molar-refractivity contribution is 0.222. The highest BCUT2D eigenvalue weighted by Gasteiger charge is 2.23. The van der Waals surface area contributed by atoms with Crippen molar-refractivity contribution in [3.63, 3.8) is 0 Å². The van der Waals surface area contributed by atoms with Crippen molar-refractivity contribution < 1.29 is 4.39 Å². The average Bonchev–Trinajstić information content (AvgIpc) is 2.31. The van der Waals surface area contributed by atoms with Crippen LogP contribution in [0.25, 0.3) is 0 Å². The third kappa shape index (κ3) is 5.21. The maximum atomic E-state index is 13.2. The van der Waals surface area contributed by atoms with E-state index in [0.29, 0.717) is 10.4 Å². The number of hydrazine groups is 1. The summed E-state index contributed by atoms with van der Waals surface area (Å²) >= 11 is 3.21. The van der Waals surface area contributed by atoms with Crippen LogP contribution in [0.3, 0.4) is 0 Å². The molecule has 0 saturated heterocycles. The zero-order chi connectivity index (χ0) is 14.6. The summed E-state index contributed by atoms with van der Waals surface area (Å²) in [4.78, 5) is 0. The standard InChI is InChI=1S/C15H24BrFN2/c1-10(15(2,3)4)7-12(19-18)8-11-5-6-14(17)13(16)9-11/h5-6,9-10,12,19H,7-8,18H2,1-4H3. The minimum absolute atomic E-state index is 0.201. The summed E-state index contributed by atoms with van der Waals surface area (Å²) in [6, 6.07) is 5.32. The van der Waals surface area contributed by atoms with Crippen molar-refractivity contribution in [3.05, 3.63) is 34.1 Å². The highest BCUT2D eigenvalue weighted by molar-refractivity contribution is 9.10. The molecule has 2 nitrogen and oxygen atoms in total. The molecule has 108 valence electrons. The van der Waals surface area contributed by atoms with Gasteiger partial charge in [-0.05, 0) is 57.8 Å². The topological polar surface area (TPSA) is 38.0 Å². The van der Waals surface area contributed by atoms with Crippen LogP contribution in [-0.4, -0.2) is 6.04 Å². The zero-order valence-corrected chi connectivity index (χ0v) is 13.7. The van der Waals surface area contributed by atoms with E-state index in [1.807, 2.05) is 12.1 Å². The Labute approximate surface area is 124 Å². The molecule has 0 aliphatic heterocycles. The minimum atomic E-state index is -0.232. The molecule has 0 aliphatic rings. The molecule has 3 N–H and O–H groups in total. The maximum absolute atomic E-state index is 13.2. The first-order chi connectivity index (χ1) is 8.74. The van der Waals surface area contributed by atoms with E-state index in [2.05, 4.69) is 49.1 Å². The van der Waals surface area contributed by atoms with Crippen molar-refractivity contribution in [2.24, 2.45) is 17.2 Å². The SMILES string of the molecule is CC(CC(Cc1ccc(F)c(Br)c1)NN)C(C)(C)C. The fourth-order valence-corrected chi connectivity index (χ4v) is 2.37. The first kappa shape index (κ1) is 16.6. The van der Waals surface area contributed by atoms with Gasteiger partial charge in [-0.25, -0.2) is 4.39 Å². The quantitative estimate of drug-likeness (QED) is 0.631. The van der Waals surface area contributed by atoms with Crippen LogP contribution in [0.4, 0.5) is 4.39 Å². The Kier molecular flexibility index (Phi) is 5.96. The van der Waals surface area contributed by atoms with E-state index in [4.69, 9.17) is 5.84 Å². The molecule has 0 saturated carbocycles. The van der Waals surface area contributed by atoms with E-state index < -0.39 is 0 Å². The molecular formula is C15H24BrFN2. The third-order valence-electron chi connectivity index (χ3n) is 3.82. The van der Waals surface area contributed by atoms with E-state index in [1.165, 1.54) is 6.07 Å². The molecule has 0 bridgehead atoms. The van der Waals surface area contributed by atoms with Crippen molar-refractivity contribution in [2.75, 3.05) is 0 Å². The molecule has 19 heavy (non-hydrogen) atoms. The Morgan fingerprint density at radius 2 is 2.00 bits per heavy atom. The van der Waals surface area contributed by atoms with E-state index >= 15 is 0 Å². The number of halogens is 2. The van der Waals surface area contributed by atoms with Gasteiger partial charge in [-0.3, -0.25) is 11.3 Å². The number of hydrogen-bond acceptors (Lipinski definition) is 2. The second kappa shape index (κ2) is 6.82. The molecule has 1 aromatic carbocycles. The molecule has 1 aromatic rings. The Bertz CT molecular complexity index is 415. The molecule has 2 atom stereocenters. The van der Waals surface area contributed by atoms with Crippen molar-refractivity contribution in [3.8, 4) is 0 Å². The molecule has 0 fully saturated rings. The molecule has 0 aromatic heterocycles. The smallest absolute Gasteiger partial charge is 0.137 e. The van der Waals surface area contributed by atoms with Crippen LogP contribution in [0.1, 0.15) is 39.7 Å².